The number of anilines is 1. The zero-order chi connectivity index (χ0) is 14.0. The molecule has 0 saturated carbocycles. The number of nitrogen functional groups attached to an aromatic ring is 1. The van der Waals surface area contributed by atoms with E-state index in [9.17, 15) is 4.79 Å². The van der Waals surface area contributed by atoms with E-state index in [1.165, 1.54) is 11.8 Å². The summed E-state index contributed by atoms with van der Waals surface area (Å²) in [4.78, 5) is 12.7. The number of rotatable bonds is 3. The van der Waals surface area contributed by atoms with Gasteiger partial charge in [-0.1, -0.05) is 35.0 Å². The Labute approximate surface area is 124 Å². The molecule has 2 rings (SSSR count). The van der Waals surface area contributed by atoms with Crippen molar-refractivity contribution in [3.05, 3.63) is 52.0 Å². The lowest BCUT2D eigenvalue weighted by Gasteiger charge is -2.07. The van der Waals surface area contributed by atoms with Gasteiger partial charge in [0.15, 0.2) is 0 Å². The molecule has 0 radical (unpaired) electrons. The van der Waals surface area contributed by atoms with Gasteiger partial charge in [0.25, 0.3) is 0 Å². The van der Waals surface area contributed by atoms with Crippen molar-refractivity contribution in [2.24, 2.45) is 5.73 Å². The van der Waals surface area contributed by atoms with Crippen LogP contribution in [0.4, 0.5) is 5.69 Å². The van der Waals surface area contributed by atoms with Gasteiger partial charge < -0.3 is 11.5 Å². The molecule has 0 unspecified atom stereocenters. The van der Waals surface area contributed by atoms with Crippen LogP contribution in [-0.4, -0.2) is 5.91 Å². The third-order valence-electron chi connectivity index (χ3n) is 2.36. The fourth-order valence-corrected chi connectivity index (χ4v) is 3.14. The first-order valence-electron chi connectivity index (χ1n) is 5.29. The molecule has 2 aromatic carbocycles. The molecule has 0 bridgehead atoms. The van der Waals surface area contributed by atoms with Crippen LogP contribution in [0.3, 0.4) is 0 Å². The van der Waals surface area contributed by atoms with Crippen LogP contribution in [-0.2, 0) is 0 Å². The molecule has 0 aliphatic carbocycles. The molecule has 98 valence electrons. The van der Waals surface area contributed by atoms with Gasteiger partial charge in [-0.25, -0.2) is 0 Å². The van der Waals surface area contributed by atoms with Crippen molar-refractivity contribution >= 4 is 46.6 Å². The summed E-state index contributed by atoms with van der Waals surface area (Å²) < 4.78 is 0. The molecule has 0 aliphatic heterocycles. The Morgan fingerprint density at radius 1 is 1.05 bits per heavy atom. The number of hydrogen-bond donors (Lipinski definition) is 2. The van der Waals surface area contributed by atoms with Gasteiger partial charge in [-0.2, -0.15) is 0 Å². The molecule has 0 atom stereocenters. The topological polar surface area (TPSA) is 69.1 Å². The van der Waals surface area contributed by atoms with Crippen LogP contribution in [0.2, 0.25) is 10.0 Å². The molecule has 1 amide bonds. The highest BCUT2D eigenvalue weighted by molar-refractivity contribution is 7.99. The van der Waals surface area contributed by atoms with Crippen LogP contribution in [0, 0.1) is 0 Å². The van der Waals surface area contributed by atoms with Crippen molar-refractivity contribution in [3.63, 3.8) is 0 Å². The van der Waals surface area contributed by atoms with E-state index in [-0.39, 0.29) is 0 Å². The summed E-state index contributed by atoms with van der Waals surface area (Å²) in [6, 6.07) is 10.1. The van der Waals surface area contributed by atoms with Crippen molar-refractivity contribution in [1.29, 1.82) is 0 Å². The van der Waals surface area contributed by atoms with Gasteiger partial charge in [0.2, 0.25) is 5.91 Å². The first-order chi connectivity index (χ1) is 8.95. The van der Waals surface area contributed by atoms with Crippen molar-refractivity contribution < 1.29 is 4.79 Å². The third-order valence-corrected chi connectivity index (χ3v) is 3.84. The van der Waals surface area contributed by atoms with Crippen LogP contribution in [0.5, 0.6) is 0 Å². The average Bonchev–Trinajstić information content (AvgIpc) is 2.30. The summed E-state index contributed by atoms with van der Waals surface area (Å²) in [5.74, 6) is -0.494. The quantitative estimate of drug-likeness (QED) is 0.846. The molecule has 4 N–H and O–H groups in total. The van der Waals surface area contributed by atoms with Gasteiger partial charge in [0, 0.05) is 31.1 Å². The summed E-state index contributed by atoms with van der Waals surface area (Å²) in [5.41, 5.74) is 12.1. The maximum atomic E-state index is 11.2. The number of hydrogen-bond acceptors (Lipinski definition) is 3. The van der Waals surface area contributed by atoms with Crippen LogP contribution in [0.1, 0.15) is 10.4 Å². The third kappa shape index (κ3) is 3.56. The highest BCUT2D eigenvalue weighted by Crippen LogP contribution is 2.35. The first-order valence-corrected chi connectivity index (χ1v) is 6.86. The van der Waals surface area contributed by atoms with Gasteiger partial charge in [-0.15, -0.1) is 0 Å². The smallest absolute Gasteiger partial charge is 0.248 e. The molecule has 0 heterocycles. The number of carbonyl (C=O) groups is 1. The van der Waals surface area contributed by atoms with E-state index in [4.69, 9.17) is 34.7 Å². The maximum absolute atomic E-state index is 11.2. The molecule has 0 spiro atoms. The Morgan fingerprint density at radius 2 is 1.68 bits per heavy atom. The van der Waals surface area contributed by atoms with E-state index in [1.54, 1.807) is 36.4 Å². The molecule has 6 heteroatoms. The standard InChI is InChI=1S/C13H10Cl2N2OS/c14-8-4-9(15)6-10(5-8)19-12-3-7(13(17)18)1-2-11(12)16/h1-6H,16H2,(H2,17,18). The fraction of sp³-hybridized carbons (Fsp3) is 0. The lowest BCUT2D eigenvalue weighted by atomic mass is 10.2. The van der Waals surface area contributed by atoms with Gasteiger partial charge >= 0.3 is 0 Å². The summed E-state index contributed by atoms with van der Waals surface area (Å²) in [7, 11) is 0. The summed E-state index contributed by atoms with van der Waals surface area (Å²) in [6.07, 6.45) is 0. The largest absolute Gasteiger partial charge is 0.398 e. The van der Waals surface area contributed by atoms with Crippen molar-refractivity contribution in [2.45, 2.75) is 9.79 Å². The van der Waals surface area contributed by atoms with Crippen LogP contribution in [0.25, 0.3) is 0 Å². The van der Waals surface area contributed by atoms with Crippen LogP contribution < -0.4 is 11.5 Å². The molecule has 2 aromatic rings. The Morgan fingerprint density at radius 3 is 2.26 bits per heavy atom. The fourth-order valence-electron chi connectivity index (χ4n) is 1.49. The van der Waals surface area contributed by atoms with Crippen molar-refractivity contribution in [2.75, 3.05) is 5.73 Å². The highest BCUT2D eigenvalue weighted by atomic mass is 35.5. The zero-order valence-corrected chi connectivity index (χ0v) is 12.0. The predicted molar refractivity (Wildman–Crippen MR) is 80.0 cm³/mol. The van der Waals surface area contributed by atoms with E-state index >= 15 is 0 Å². The Kier molecular flexibility index (Phi) is 4.24. The molecule has 0 fully saturated rings. The summed E-state index contributed by atoms with van der Waals surface area (Å²) >= 11 is 13.2. The number of benzene rings is 2. The number of halogens is 2. The highest BCUT2D eigenvalue weighted by Gasteiger charge is 2.08. The maximum Gasteiger partial charge on any atom is 0.248 e. The Hall–Kier alpha value is -1.36. The minimum absolute atomic E-state index is 0.407. The minimum Gasteiger partial charge on any atom is -0.398 e. The van der Waals surface area contributed by atoms with Crippen molar-refractivity contribution in [3.8, 4) is 0 Å². The first kappa shape index (κ1) is 14.1. The molecule has 19 heavy (non-hydrogen) atoms. The number of amides is 1. The molecule has 3 nitrogen and oxygen atoms in total. The monoisotopic (exact) mass is 312 g/mol. The summed E-state index contributed by atoms with van der Waals surface area (Å²) in [6.45, 7) is 0. The average molecular weight is 313 g/mol. The van der Waals surface area contributed by atoms with Gasteiger partial charge in [-0.05, 0) is 36.4 Å². The molecular formula is C13H10Cl2N2OS. The number of primary amides is 1. The second-order valence-corrected chi connectivity index (χ2v) is 5.81. The minimum atomic E-state index is -0.494. The van der Waals surface area contributed by atoms with E-state index in [1.807, 2.05) is 0 Å². The predicted octanol–water partition coefficient (Wildman–Crippen LogP) is 3.83. The normalized spacial score (nSPS) is 10.4. The van der Waals surface area contributed by atoms with Crippen molar-refractivity contribution in [1.82, 2.24) is 0 Å². The van der Waals surface area contributed by atoms with E-state index in [0.717, 1.165) is 9.79 Å². The Bertz CT molecular complexity index is 626. The zero-order valence-electron chi connectivity index (χ0n) is 9.69. The van der Waals surface area contributed by atoms with E-state index < -0.39 is 5.91 Å². The molecular weight excluding hydrogens is 303 g/mol. The number of carbonyl (C=O) groups excluding carboxylic acids is 1. The van der Waals surface area contributed by atoms with E-state index in [2.05, 4.69) is 0 Å². The second kappa shape index (κ2) is 5.74. The lowest BCUT2D eigenvalue weighted by Crippen LogP contribution is -2.11. The van der Waals surface area contributed by atoms with Gasteiger partial charge in [-0.3, -0.25) is 4.79 Å². The molecule has 0 aliphatic rings. The Balaban J connectivity index is 2.37. The number of nitrogens with two attached hydrogens (primary N) is 2. The van der Waals surface area contributed by atoms with Gasteiger partial charge in [0.05, 0.1) is 0 Å². The second-order valence-electron chi connectivity index (χ2n) is 3.82. The SMILES string of the molecule is NC(=O)c1ccc(N)c(Sc2cc(Cl)cc(Cl)c2)c1. The lowest BCUT2D eigenvalue weighted by molar-refractivity contribution is 0.1000. The van der Waals surface area contributed by atoms with Crippen LogP contribution in [0.15, 0.2) is 46.2 Å². The van der Waals surface area contributed by atoms with Gasteiger partial charge in [0.1, 0.15) is 0 Å². The molecule has 0 saturated heterocycles. The van der Waals surface area contributed by atoms with E-state index in [0.29, 0.717) is 21.3 Å². The molecule has 0 aromatic heterocycles. The van der Waals surface area contributed by atoms with Crippen LogP contribution >= 0.6 is 35.0 Å². The summed E-state index contributed by atoms with van der Waals surface area (Å²) in [5, 5.41) is 1.08.